The van der Waals surface area contributed by atoms with Gasteiger partial charge >= 0.3 is 0 Å². The van der Waals surface area contributed by atoms with Gasteiger partial charge in [-0.3, -0.25) is 0 Å². The average molecular weight is 290 g/mol. The van der Waals surface area contributed by atoms with Gasteiger partial charge in [-0.15, -0.1) is 0 Å². The van der Waals surface area contributed by atoms with Crippen molar-refractivity contribution >= 4 is 11.6 Å². The molecule has 20 heavy (non-hydrogen) atoms. The standard InChI is InChI=1S/C16H16ClNO2/c17-15-7-12(11-3-1-2-10(4-11)9-19)5-13-6-14(8-18)20-16(13)15/h1-5,7,14,19H,6,8-9,18H2. The Balaban J connectivity index is 2.02. The Morgan fingerprint density at radius 1 is 1.25 bits per heavy atom. The van der Waals surface area contributed by atoms with E-state index >= 15 is 0 Å². The monoisotopic (exact) mass is 289 g/mol. The molecule has 0 spiro atoms. The molecule has 2 aromatic rings. The third kappa shape index (κ3) is 2.40. The van der Waals surface area contributed by atoms with Crippen molar-refractivity contribution in [2.45, 2.75) is 19.1 Å². The second-order valence-electron chi connectivity index (χ2n) is 4.98. The Labute approximate surface area is 122 Å². The molecule has 1 unspecified atom stereocenters. The number of aliphatic hydroxyl groups is 1. The van der Waals surface area contributed by atoms with Gasteiger partial charge in [-0.05, 0) is 34.9 Å². The van der Waals surface area contributed by atoms with Gasteiger partial charge in [-0.2, -0.15) is 0 Å². The number of nitrogens with two attached hydrogens (primary N) is 1. The number of hydrogen-bond donors (Lipinski definition) is 2. The van der Waals surface area contributed by atoms with E-state index in [1.54, 1.807) is 0 Å². The zero-order chi connectivity index (χ0) is 14.1. The Bertz CT molecular complexity index is 642. The highest BCUT2D eigenvalue weighted by Gasteiger charge is 2.24. The first-order valence-electron chi connectivity index (χ1n) is 6.60. The number of rotatable bonds is 3. The molecule has 0 aromatic heterocycles. The number of ether oxygens (including phenoxy) is 1. The maximum absolute atomic E-state index is 9.23. The molecule has 3 N–H and O–H groups in total. The van der Waals surface area contributed by atoms with Crippen molar-refractivity contribution in [3.8, 4) is 16.9 Å². The fraction of sp³-hybridized carbons (Fsp3) is 0.250. The normalized spacial score (nSPS) is 16.9. The summed E-state index contributed by atoms with van der Waals surface area (Å²) in [6.07, 6.45) is 0.806. The predicted molar refractivity (Wildman–Crippen MR) is 80.0 cm³/mol. The quantitative estimate of drug-likeness (QED) is 0.913. The van der Waals surface area contributed by atoms with E-state index < -0.39 is 0 Å². The summed E-state index contributed by atoms with van der Waals surface area (Å²) in [7, 11) is 0. The number of fused-ring (bicyclic) bond motifs is 1. The van der Waals surface area contributed by atoms with Gasteiger partial charge in [0.15, 0.2) is 0 Å². The highest BCUT2D eigenvalue weighted by atomic mass is 35.5. The van der Waals surface area contributed by atoms with Crippen LogP contribution in [-0.2, 0) is 13.0 Å². The molecular weight excluding hydrogens is 274 g/mol. The summed E-state index contributed by atoms with van der Waals surface area (Å²) >= 11 is 6.31. The van der Waals surface area contributed by atoms with Crippen molar-refractivity contribution in [2.75, 3.05) is 6.54 Å². The molecule has 2 aromatic carbocycles. The van der Waals surface area contributed by atoms with Crippen LogP contribution in [-0.4, -0.2) is 17.8 Å². The molecule has 4 heteroatoms. The van der Waals surface area contributed by atoms with Crippen molar-refractivity contribution < 1.29 is 9.84 Å². The first kappa shape index (κ1) is 13.4. The van der Waals surface area contributed by atoms with Crippen LogP contribution < -0.4 is 10.5 Å². The molecule has 1 heterocycles. The maximum Gasteiger partial charge on any atom is 0.141 e. The lowest BCUT2D eigenvalue weighted by molar-refractivity contribution is 0.241. The van der Waals surface area contributed by atoms with Crippen molar-refractivity contribution in [3.05, 3.63) is 52.5 Å². The summed E-state index contributed by atoms with van der Waals surface area (Å²) in [5, 5.41) is 9.84. The van der Waals surface area contributed by atoms with Gasteiger partial charge < -0.3 is 15.6 Å². The SMILES string of the molecule is NCC1Cc2cc(-c3cccc(CO)c3)cc(Cl)c2O1. The second-order valence-corrected chi connectivity index (χ2v) is 5.39. The molecule has 1 aliphatic rings. The van der Waals surface area contributed by atoms with E-state index in [4.69, 9.17) is 22.1 Å². The molecule has 0 saturated heterocycles. The van der Waals surface area contributed by atoms with E-state index in [2.05, 4.69) is 6.07 Å². The maximum atomic E-state index is 9.23. The molecule has 0 bridgehead atoms. The molecule has 1 aliphatic heterocycles. The van der Waals surface area contributed by atoms with Crippen LogP contribution in [0.3, 0.4) is 0 Å². The van der Waals surface area contributed by atoms with Crippen LogP contribution in [0.25, 0.3) is 11.1 Å². The molecule has 0 aliphatic carbocycles. The Morgan fingerprint density at radius 2 is 2.10 bits per heavy atom. The first-order valence-corrected chi connectivity index (χ1v) is 6.98. The minimum absolute atomic E-state index is 0.0153. The molecule has 1 atom stereocenters. The first-order chi connectivity index (χ1) is 9.71. The van der Waals surface area contributed by atoms with Gasteiger partial charge in [0, 0.05) is 18.5 Å². The Morgan fingerprint density at radius 3 is 2.85 bits per heavy atom. The second kappa shape index (κ2) is 5.44. The molecule has 3 rings (SSSR count). The summed E-state index contributed by atoms with van der Waals surface area (Å²) in [6, 6.07) is 11.8. The van der Waals surface area contributed by atoms with E-state index in [0.717, 1.165) is 34.4 Å². The number of aliphatic hydroxyl groups excluding tert-OH is 1. The summed E-state index contributed by atoms with van der Waals surface area (Å²) in [4.78, 5) is 0. The average Bonchev–Trinajstić information content (AvgIpc) is 2.91. The predicted octanol–water partition coefficient (Wildman–Crippen LogP) is 2.76. The summed E-state index contributed by atoms with van der Waals surface area (Å²) < 4.78 is 5.73. The van der Waals surface area contributed by atoms with Crippen molar-refractivity contribution in [2.24, 2.45) is 5.73 Å². The van der Waals surface area contributed by atoms with Gasteiger partial charge in [0.2, 0.25) is 0 Å². The van der Waals surface area contributed by atoms with E-state index in [1.165, 1.54) is 0 Å². The molecular formula is C16H16ClNO2. The zero-order valence-corrected chi connectivity index (χ0v) is 11.7. The summed E-state index contributed by atoms with van der Waals surface area (Å²) in [5.74, 6) is 0.754. The van der Waals surface area contributed by atoms with Crippen LogP contribution >= 0.6 is 11.6 Å². The van der Waals surface area contributed by atoms with Crippen molar-refractivity contribution in [3.63, 3.8) is 0 Å². The van der Waals surface area contributed by atoms with Crippen LogP contribution in [0.2, 0.25) is 5.02 Å². The third-order valence-corrected chi connectivity index (χ3v) is 3.84. The fourth-order valence-electron chi connectivity index (χ4n) is 2.53. The van der Waals surface area contributed by atoms with Gasteiger partial charge in [-0.25, -0.2) is 0 Å². The molecule has 0 radical (unpaired) electrons. The topological polar surface area (TPSA) is 55.5 Å². The van der Waals surface area contributed by atoms with E-state index in [-0.39, 0.29) is 12.7 Å². The van der Waals surface area contributed by atoms with Crippen LogP contribution in [0.5, 0.6) is 5.75 Å². The molecule has 104 valence electrons. The van der Waals surface area contributed by atoms with Gasteiger partial charge in [0.25, 0.3) is 0 Å². The van der Waals surface area contributed by atoms with E-state index in [0.29, 0.717) is 11.6 Å². The minimum atomic E-state index is 0.0153. The minimum Gasteiger partial charge on any atom is -0.487 e. The van der Waals surface area contributed by atoms with Crippen LogP contribution in [0.4, 0.5) is 0 Å². The number of benzene rings is 2. The van der Waals surface area contributed by atoms with Gasteiger partial charge in [0.1, 0.15) is 11.9 Å². The van der Waals surface area contributed by atoms with E-state index in [9.17, 15) is 5.11 Å². The van der Waals surface area contributed by atoms with Crippen LogP contribution in [0.15, 0.2) is 36.4 Å². The lowest BCUT2D eigenvalue weighted by atomic mass is 9.99. The van der Waals surface area contributed by atoms with Crippen molar-refractivity contribution in [1.29, 1.82) is 0 Å². The zero-order valence-electron chi connectivity index (χ0n) is 11.0. The smallest absolute Gasteiger partial charge is 0.141 e. The number of halogens is 1. The lowest BCUT2D eigenvalue weighted by Gasteiger charge is -2.09. The summed E-state index contributed by atoms with van der Waals surface area (Å²) in [6.45, 7) is 0.519. The number of hydrogen-bond acceptors (Lipinski definition) is 3. The highest BCUT2D eigenvalue weighted by Crippen LogP contribution is 2.39. The summed E-state index contributed by atoms with van der Waals surface area (Å²) in [5.41, 5.74) is 9.71. The Hall–Kier alpha value is -1.55. The largest absolute Gasteiger partial charge is 0.487 e. The van der Waals surface area contributed by atoms with Crippen LogP contribution in [0.1, 0.15) is 11.1 Å². The molecule has 0 amide bonds. The van der Waals surface area contributed by atoms with Gasteiger partial charge in [0.05, 0.1) is 11.6 Å². The molecule has 3 nitrogen and oxygen atoms in total. The van der Waals surface area contributed by atoms with Crippen LogP contribution in [0, 0.1) is 0 Å². The third-order valence-electron chi connectivity index (χ3n) is 3.56. The fourth-order valence-corrected chi connectivity index (χ4v) is 2.82. The van der Waals surface area contributed by atoms with Gasteiger partial charge in [-0.1, -0.05) is 29.8 Å². The van der Waals surface area contributed by atoms with Crippen molar-refractivity contribution in [1.82, 2.24) is 0 Å². The molecule has 0 fully saturated rings. The lowest BCUT2D eigenvalue weighted by Crippen LogP contribution is -2.24. The Kier molecular flexibility index (Phi) is 3.66. The highest BCUT2D eigenvalue weighted by molar-refractivity contribution is 6.32. The molecule has 0 saturated carbocycles. The van der Waals surface area contributed by atoms with E-state index in [1.807, 2.05) is 30.3 Å².